The van der Waals surface area contributed by atoms with Gasteiger partial charge in [-0.05, 0) is 43.5 Å². The largest absolute Gasteiger partial charge is 0.573 e. The number of anilines is 1. The van der Waals surface area contributed by atoms with E-state index in [0.717, 1.165) is 24.9 Å². The molecular weight excluding hydrogens is 271 g/mol. The van der Waals surface area contributed by atoms with E-state index in [1.807, 2.05) is 0 Å². The molecule has 1 aliphatic rings. The van der Waals surface area contributed by atoms with E-state index in [-0.39, 0.29) is 11.9 Å². The molecule has 1 N–H and O–H groups in total. The molecule has 0 aliphatic carbocycles. The Morgan fingerprint density at radius 1 is 1.30 bits per heavy atom. The minimum Gasteiger partial charge on any atom is -0.406 e. The Labute approximate surface area is 116 Å². The smallest absolute Gasteiger partial charge is 0.406 e. The zero-order chi connectivity index (χ0) is 14.6. The summed E-state index contributed by atoms with van der Waals surface area (Å²) in [4.78, 5) is 0. The second-order valence-corrected chi connectivity index (χ2v) is 4.84. The van der Waals surface area contributed by atoms with Crippen molar-refractivity contribution in [2.24, 2.45) is 0 Å². The quantitative estimate of drug-likeness (QED) is 0.910. The maximum Gasteiger partial charge on any atom is 0.573 e. The van der Waals surface area contributed by atoms with E-state index in [2.05, 4.69) is 17.0 Å². The Morgan fingerprint density at radius 3 is 2.60 bits per heavy atom. The Kier molecular flexibility index (Phi) is 4.75. The van der Waals surface area contributed by atoms with Crippen molar-refractivity contribution in [3.63, 3.8) is 0 Å². The monoisotopic (exact) mass is 289 g/mol. The maximum absolute atomic E-state index is 12.0. The first-order valence-electron chi connectivity index (χ1n) is 6.70. The van der Waals surface area contributed by atoms with Gasteiger partial charge >= 0.3 is 6.36 Å². The fourth-order valence-electron chi connectivity index (χ4n) is 2.28. The molecule has 0 bridgehead atoms. The van der Waals surface area contributed by atoms with E-state index in [1.54, 1.807) is 12.1 Å². The van der Waals surface area contributed by atoms with E-state index in [9.17, 15) is 13.2 Å². The zero-order valence-electron chi connectivity index (χ0n) is 11.2. The number of hydrogen-bond donors (Lipinski definition) is 1. The van der Waals surface area contributed by atoms with Crippen molar-refractivity contribution in [1.82, 2.24) is 0 Å². The highest BCUT2D eigenvalue weighted by Crippen LogP contribution is 2.25. The SMILES string of the molecule is CCC1CC(Nc2ccc(OC(F)(F)F)cc2)CCO1. The van der Waals surface area contributed by atoms with E-state index in [4.69, 9.17) is 4.74 Å². The molecule has 0 spiro atoms. The number of alkyl halides is 3. The molecule has 2 atom stereocenters. The summed E-state index contributed by atoms with van der Waals surface area (Å²) in [6, 6.07) is 6.11. The standard InChI is InChI=1S/C14H18F3NO2/c1-2-12-9-11(7-8-19-12)18-10-3-5-13(6-4-10)20-14(15,16)17/h3-6,11-12,18H,2,7-9H2,1H3. The van der Waals surface area contributed by atoms with Gasteiger partial charge in [0.1, 0.15) is 5.75 Å². The van der Waals surface area contributed by atoms with Crippen LogP contribution in [0.1, 0.15) is 26.2 Å². The first-order chi connectivity index (χ1) is 9.46. The summed E-state index contributed by atoms with van der Waals surface area (Å²) >= 11 is 0. The Hall–Kier alpha value is -1.43. The lowest BCUT2D eigenvalue weighted by Gasteiger charge is -2.30. The predicted octanol–water partition coefficient (Wildman–Crippen LogP) is 3.95. The molecule has 1 aliphatic heterocycles. The van der Waals surface area contributed by atoms with E-state index < -0.39 is 6.36 Å². The summed E-state index contributed by atoms with van der Waals surface area (Å²) in [5, 5.41) is 3.32. The van der Waals surface area contributed by atoms with Crippen molar-refractivity contribution < 1.29 is 22.6 Å². The molecular formula is C14H18F3NO2. The van der Waals surface area contributed by atoms with Crippen LogP contribution in [0.25, 0.3) is 0 Å². The number of hydrogen-bond acceptors (Lipinski definition) is 3. The molecule has 0 amide bonds. The predicted molar refractivity (Wildman–Crippen MR) is 69.8 cm³/mol. The van der Waals surface area contributed by atoms with Crippen LogP contribution in [0.15, 0.2) is 24.3 Å². The number of nitrogens with one attached hydrogen (secondary N) is 1. The van der Waals surface area contributed by atoms with Gasteiger partial charge in [0, 0.05) is 18.3 Å². The van der Waals surface area contributed by atoms with Crippen molar-refractivity contribution in [3.05, 3.63) is 24.3 Å². The molecule has 112 valence electrons. The molecule has 2 unspecified atom stereocenters. The molecule has 0 radical (unpaired) electrons. The lowest BCUT2D eigenvalue weighted by atomic mass is 10.0. The van der Waals surface area contributed by atoms with E-state index >= 15 is 0 Å². The topological polar surface area (TPSA) is 30.5 Å². The summed E-state index contributed by atoms with van der Waals surface area (Å²) in [5.41, 5.74) is 0.793. The van der Waals surface area contributed by atoms with Gasteiger partial charge in [-0.25, -0.2) is 0 Å². The van der Waals surface area contributed by atoms with Crippen molar-refractivity contribution in [3.8, 4) is 5.75 Å². The molecule has 1 saturated heterocycles. The lowest BCUT2D eigenvalue weighted by molar-refractivity contribution is -0.274. The van der Waals surface area contributed by atoms with Gasteiger partial charge in [0.2, 0.25) is 0 Å². The van der Waals surface area contributed by atoms with Crippen LogP contribution in [-0.2, 0) is 4.74 Å². The highest BCUT2D eigenvalue weighted by atomic mass is 19.4. The highest BCUT2D eigenvalue weighted by molar-refractivity contribution is 5.47. The molecule has 0 aromatic heterocycles. The second-order valence-electron chi connectivity index (χ2n) is 4.84. The summed E-state index contributed by atoms with van der Waals surface area (Å²) in [6.45, 7) is 2.79. The highest BCUT2D eigenvalue weighted by Gasteiger charge is 2.31. The molecule has 20 heavy (non-hydrogen) atoms. The molecule has 1 fully saturated rings. The van der Waals surface area contributed by atoms with Gasteiger partial charge in [0.05, 0.1) is 6.10 Å². The summed E-state index contributed by atoms with van der Waals surface area (Å²) in [5.74, 6) is -0.207. The first-order valence-corrected chi connectivity index (χ1v) is 6.70. The van der Waals surface area contributed by atoms with Crippen molar-refractivity contribution in [1.29, 1.82) is 0 Å². The van der Waals surface area contributed by atoms with Gasteiger partial charge in [-0.2, -0.15) is 0 Å². The third-order valence-electron chi connectivity index (χ3n) is 3.28. The number of rotatable bonds is 4. The number of benzene rings is 1. The average molecular weight is 289 g/mol. The third-order valence-corrected chi connectivity index (χ3v) is 3.28. The molecule has 1 aromatic carbocycles. The molecule has 0 saturated carbocycles. The minimum absolute atomic E-state index is 0.207. The zero-order valence-corrected chi connectivity index (χ0v) is 11.2. The molecule has 3 nitrogen and oxygen atoms in total. The molecule has 6 heteroatoms. The van der Waals surface area contributed by atoms with Crippen molar-refractivity contribution in [2.45, 2.75) is 44.7 Å². The fraction of sp³-hybridized carbons (Fsp3) is 0.571. The fourth-order valence-corrected chi connectivity index (χ4v) is 2.28. The van der Waals surface area contributed by atoms with Crippen LogP contribution in [0.4, 0.5) is 18.9 Å². The molecule has 2 rings (SSSR count). The van der Waals surface area contributed by atoms with Gasteiger partial charge in [0.15, 0.2) is 0 Å². The summed E-state index contributed by atoms with van der Waals surface area (Å²) < 4.78 is 45.6. The van der Waals surface area contributed by atoms with Crippen LogP contribution in [0.3, 0.4) is 0 Å². The second kappa shape index (κ2) is 6.35. The van der Waals surface area contributed by atoms with E-state index in [1.165, 1.54) is 12.1 Å². The number of halogens is 3. The first kappa shape index (κ1) is 15.0. The van der Waals surface area contributed by atoms with Gasteiger partial charge in [-0.1, -0.05) is 6.92 Å². The summed E-state index contributed by atoms with van der Waals surface area (Å²) in [6.07, 6.45) is -1.61. The summed E-state index contributed by atoms with van der Waals surface area (Å²) in [7, 11) is 0. The van der Waals surface area contributed by atoms with Gasteiger partial charge in [-0.15, -0.1) is 13.2 Å². The van der Waals surface area contributed by atoms with Gasteiger partial charge in [0.25, 0.3) is 0 Å². The Bertz CT molecular complexity index is 419. The van der Waals surface area contributed by atoms with E-state index in [0.29, 0.717) is 12.6 Å². The normalized spacial score (nSPS) is 23.4. The van der Waals surface area contributed by atoms with Crippen molar-refractivity contribution in [2.75, 3.05) is 11.9 Å². The van der Waals surface area contributed by atoms with Crippen LogP contribution in [0.2, 0.25) is 0 Å². The minimum atomic E-state index is -4.65. The lowest BCUT2D eigenvalue weighted by Crippen LogP contribution is -2.33. The molecule has 1 heterocycles. The average Bonchev–Trinajstić information content (AvgIpc) is 2.40. The van der Waals surface area contributed by atoms with Gasteiger partial charge in [-0.3, -0.25) is 0 Å². The Balaban J connectivity index is 1.90. The number of ether oxygens (including phenoxy) is 2. The maximum atomic E-state index is 12.0. The van der Waals surface area contributed by atoms with Crippen LogP contribution in [0, 0.1) is 0 Å². The van der Waals surface area contributed by atoms with Crippen LogP contribution < -0.4 is 10.1 Å². The van der Waals surface area contributed by atoms with Crippen molar-refractivity contribution >= 4 is 5.69 Å². The molecule has 1 aromatic rings. The van der Waals surface area contributed by atoms with Gasteiger partial charge < -0.3 is 14.8 Å². The van der Waals surface area contributed by atoms with Crippen LogP contribution in [-0.4, -0.2) is 25.1 Å². The van der Waals surface area contributed by atoms with Crippen LogP contribution in [0.5, 0.6) is 5.75 Å². The third kappa shape index (κ3) is 4.59. The van der Waals surface area contributed by atoms with Crippen LogP contribution >= 0.6 is 0 Å². The Morgan fingerprint density at radius 2 is 2.00 bits per heavy atom.